The summed E-state index contributed by atoms with van der Waals surface area (Å²) >= 11 is 2.50. The Morgan fingerprint density at radius 3 is 1.60 bits per heavy atom. The van der Waals surface area contributed by atoms with E-state index in [1.54, 1.807) is 0 Å². The molecule has 0 saturated heterocycles. The zero-order valence-electron chi connectivity index (χ0n) is 9.39. The van der Waals surface area contributed by atoms with Crippen LogP contribution >= 0.6 is 22.6 Å². The number of halogens is 1. The van der Waals surface area contributed by atoms with Gasteiger partial charge in [0, 0.05) is 38.9 Å². The SMILES string of the molecule is CN1C=CN(C(C)(I)N2C=CN(C)C2)C1. The summed E-state index contributed by atoms with van der Waals surface area (Å²) in [5.41, 5.74) is 0. The van der Waals surface area contributed by atoms with Gasteiger partial charge in [0.05, 0.1) is 13.3 Å². The van der Waals surface area contributed by atoms with Crippen LogP contribution in [-0.4, -0.2) is 50.7 Å². The van der Waals surface area contributed by atoms with E-state index in [1.807, 2.05) is 0 Å². The molecular weight excluding hydrogens is 303 g/mol. The molecule has 2 aliphatic heterocycles. The fourth-order valence-corrected chi connectivity index (χ4v) is 2.38. The van der Waals surface area contributed by atoms with Gasteiger partial charge >= 0.3 is 0 Å². The highest BCUT2D eigenvalue weighted by atomic mass is 127. The van der Waals surface area contributed by atoms with Gasteiger partial charge in [-0.1, -0.05) is 0 Å². The molecule has 0 aliphatic carbocycles. The fraction of sp³-hybridized carbons (Fsp3) is 0.600. The van der Waals surface area contributed by atoms with E-state index in [2.05, 4.69) is 88.0 Å². The molecule has 2 rings (SSSR count). The Bertz CT molecular complexity index is 272. The predicted molar refractivity (Wildman–Crippen MR) is 69.6 cm³/mol. The minimum atomic E-state index is 0.000278. The average Bonchev–Trinajstić information content (AvgIpc) is 2.74. The predicted octanol–water partition coefficient (Wildman–Crippen LogP) is 1.45. The van der Waals surface area contributed by atoms with E-state index in [0.717, 1.165) is 13.3 Å². The van der Waals surface area contributed by atoms with Crippen LogP contribution in [0.15, 0.2) is 24.8 Å². The Kier molecular flexibility index (Phi) is 2.74. The van der Waals surface area contributed by atoms with E-state index in [9.17, 15) is 0 Å². The van der Waals surface area contributed by atoms with Crippen molar-refractivity contribution in [3.05, 3.63) is 24.8 Å². The van der Waals surface area contributed by atoms with Crippen molar-refractivity contribution in [2.75, 3.05) is 27.4 Å². The Labute approximate surface area is 105 Å². The molecule has 0 aromatic carbocycles. The van der Waals surface area contributed by atoms with E-state index in [0.29, 0.717) is 0 Å². The molecule has 0 spiro atoms. The maximum atomic E-state index is 2.50. The summed E-state index contributed by atoms with van der Waals surface area (Å²) in [5.74, 6) is 0. The second-order valence-electron chi connectivity index (χ2n) is 4.24. The quantitative estimate of drug-likeness (QED) is 0.434. The second-order valence-corrected chi connectivity index (χ2v) is 6.28. The fourth-order valence-electron chi connectivity index (χ4n) is 1.75. The van der Waals surface area contributed by atoms with Crippen LogP contribution in [0.25, 0.3) is 0 Å². The summed E-state index contributed by atoms with van der Waals surface area (Å²) in [6.45, 7) is 4.14. The van der Waals surface area contributed by atoms with E-state index in [1.165, 1.54) is 0 Å². The van der Waals surface area contributed by atoms with Crippen molar-refractivity contribution in [2.45, 2.75) is 10.6 Å². The Morgan fingerprint density at radius 1 is 0.933 bits per heavy atom. The van der Waals surface area contributed by atoms with Crippen molar-refractivity contribution in [1.82, 2.24) is 19.6 Å². The molecule has 4 nitrogen and oxygen atoms in total. The van der Waals surface area contributed by atoms with Gasteiger partial charge in [-0.2, -0.15) is 0 Å². The molecule has 0 saturated carbocycles. The van der Waals surface area contributed by atoms with Gasteiger partial charge in [0.2, 0.25) is 0 Å². The highest BCUT2D eigenvalue weighted by Gasteiger charge is 2.35. The molecular formula is C10H17IN4. The van der Waals surface area contributed by atoms with Crippen LogP contribution in [0.4, 0.5) is 0 Å². The molecule has 0 bridgehead atoms. The molecule has 0 radical (unpaired) electrons. The monoisotopic (exact) mass is 320 g/mol. The van der Waals surface area contributed by atoms with Crippen LogP contribution in [0.5, 0.6) is 0 Å². The average molecular weight is 320 g/mol. The molecule has 2 heterocycles. The summed E-state index contributed by atoms with van der Waals surface area (Å²) in [4.78, 5) is 9.02. The molecule has 15 heavy (non-hydrogen) atoms. The summed E-state index contributed by atoms with van der Waals surface area (Å²) < 4.78 is 0.000278. The topological polar surface area (TPSA) is 13.0 Å². The van der Waals surface area contributed by atoms with Crippen molar-refractivity contribution in [1.29, 1.82) is 0 Å². The van der Waals surface area contributed by atoms with Gasteiger partial charge in [-0.25, -0.2) is 0 Å². The van der Waals surface area contributed by atoms with Crippen molar-refractivity contribution in [3.8, 4) is 0 Å². The van der Waals surface area contributed by atoms with Gasteiger partial charge < -0.3 is 19.6 Å². The van der Waals surface area contributed by atoms with Crippen molar-refractivity contribution < 1.29 is 0 Å². The molecule has 5 heteroatoms. The molecule has 0 unspecified atom stereocenters. The third kappa shape index (κ3) is 2.02. The lowest BCUT2D eigenvalue weighted by Gasteiger charge is -2.41. The molecule has 84 valence electrons. The zero-order valence-corrected chi connectivity index (χ0v) is 11.5. The molecule has 0 aromatic rings. The number of hydrogen-bond acceptors (Lipinski definition) is 4. The largest absolute Gasteiger partial charge is 0.362 e. The third-order valence-corrected chi connectivity index (χ3v) is 4.04. The number of nitrogens with zero attached hydrogens (tertiary/aromatic N) is 4. The summed E-state index contributed by atoms with van der Waals surface area (Å²) in [5, 5.41) is 0. The van der Waals surface area contributed by atoms with E-state index >= 15 is 0 Å². The normalized spacial score (nSPS) is 21.1. The highest BCUT2D eigenvalue weighted by molar-refractivity contribution is 14.1. The van der Waals surface area contributed by atoms with E-state index < -0.39 is 0 Å². The summed E-state index contributed by atoms with van der Waals surface area (Å²) in [6.07, 6.45) is 8.53. The highest BCUT2D eigenvalue weighted by Crippen LogP contribution is 2.32. The number of rotatable bonds is 2. The Morgan fingerprint density at radius 2 is 1.33 bits per heavy atom. The maximum absolute atomic E-state index is 2.50. The molecule has 0 N–H and O–H groups in total. The molecule has 2 aliphatic rings. The van der Waals surface area contributed by atoms with Crippen molar-refractivity contribution in [3.63, 3.8) is 0 Å². The van der Waals surface area contributed by atoms with Crippen LogP contribution < -0.4 is 0 Å². The lowest BCUT2D eigenvalue weighted by molar-refractivity contribution is 0.0908. The first-order chi connectivity index (χ1) is 7.00. The van der Waals surface area contributed by atoms with Gasteiger partial charge in [-0.15, -0.1) is 0 Å². The standard InChI is InChI=1S/C10H17IN4/c1-10(11,14-6-4-12(2)8-14)15-7-5-13(3)9-15/h4-7H,8-9H2,1-3H3. The van der Waals surface area contributed by atoms with Crippen LogP contribution in [0, 0.1) is 0 Å². The molecule has 0 fully saturated rings. The lowest BCUT2D eigenvalue weighted by atomic mass is 10.4. The van der Waals surface area contributed by atoms with Gasteiger partial charge in [-0.05, 0) is 29.5 Å². The third-order valence-electron chi connectivity index (χ3n) is 2.80. The Balaban J connectivity index is 2.07. The smallest absolute Gasteiger partial charge is 0.165 e. The number of hydrogen-bond donors (Lipinski definition) is 0. The molecule has 0 amide bonds. The Hall–Kier alpha value is -0.590. The maximum Gasteiger partial charge on any atom is 0.165 e. The zero-order chi connectivity index (χ0) is 11.1. The van der Waals surface area contributed by atoms with Crippen molar-refractivity contribution in [2.24, 2.45) is 0 Å². The van der Waals surface area contributed by atoms with Crippen LogP contribution in [0.3, 0.4) is 0 Å². The van der Waals surface area contributed by atoms with Gasteiger partial charge in [0.25, 0.3) is 0 Å². The van der Waals surface area contributed by atoms with E-state index in [-0.39, 0.29) is 3.67 Å². The molecule has 0 aromatic heterocycles. The van der Waals surface area contributed by atoms with Crippen molar-refractivity contribution >= 4 is 22.6 Å². The first kappa shape index (κ1) is 10.9. The minimum Gasteiger partial charge on any atom is -0.362 e. The van der Waals surface area contributed by atoms with E-state index in [4.69, 9.17) is 0 Å². The summed E-state index contributed by atoms with van der Waals surface area (Å²) in [6, 6.07) is 0. The summed E-state index contributed by atoms with van der Waals surface area (Å²) in [7, 11) is 4.18. The first-order valence-electron chi connectivity index (χ1n) is 4.99. The molecule has 0 atom stereocenters. The van der Waals surface area contributed by atoms with Gasteiger partial charge in [0.1, 0.15) is 0 Å². The van der Waals surface area contributed by atoms with Gasteiger partial charge in [0.15, 0.2) is 3.67 Å². The van der Waals surface area contributed by atoms with Crippen LogP contribution in [-0.2, 0) is 0 Å². The van der Waals surface area contributed by atoms with Crippen LogP contribution in [0.2, 0.25) is 0 Å². The first-order valence-corrected chi connectivity index (χ1v) is 6.07. The second kappa shape index (κ2) is 3.77. The number of alkyl halides is 1. The van der Waals surface area contributed by atoms with Crippen LogP contribution in [0.1, 0.15) is 6.92 Å². The van der Waals surface area contributed by atoms with Gasteiger partial charge in [-0.3, -0.25) is 0 Å². The lowest BCUT2D eigenvalue weighted by Crippen LogP contribution is -2.50. The minimum absolute atomic E-state index is 0.000278.